The van der Waals surface area contributed by atoms with Crippen LogP contribution in [0.1, 0.15) is 22.7 Å². The summed E-state index contributed by atoms with van der Waals surface area (Å²) in [5.41, 5.74) is 3.83. The summed E-state index contributed by atoms with van der Waals surface area (Å²) in [7, 11) is 0. The molecule has 1 atom stereocenters. The van der Waals surface area contributed by atoms with Crippen molar-refractivity contribution in [3.63, 3.8) is 0 Å². The van der Waals surface area contributed by atoms with Crippen LogP contribution in [0.5, 0.6) is 0 Å². The Hall–Kier alpha value is -1.32. The molecule has 19 heavy (non-hydrogen) atoms. The minimum atomic E-state index is 0.639. The summed E-state index contributed by atoms with van der Waals surface area (Å²) in [4.78, 5) is 5.77. The molecule has 1 N–H and O–H groups in total. The minimum absolute atomic E-state index is 0.639. The number of nitrogens with zero attached hydrogens (tertiary/aromatic N) is 1. The number of hydrogen-bond donors (Lipinski definition) is 1. The van der Waals surface area contributed by atoms with Gasteiger partial charge in [-0.25, -0.2) is 0 Å². The van der Waals surface area contributed by atoms with Crippen LogP contribution in [0.4, 0.5) is 0 Å². The Morgan fingerprint density at radius 1 is 1.26 bits per heavy atom. The first kappa shape index (κ1) is 12.7. The van der Waals surface area contributed by atoms with E-state index in [1.807, 2.05) is 24.9 Å². The lowest BCUT2D eigenvalue weighted by atomic mass is 10.0. The molecule has 0 saturated carbocycles. The molecular weight excluding hydrogens is 252 g/mol. The number of pyridine rings is 1. The van der Waals surface area contributed by atoms with Crippen molar-refractivity contribution in [1.82, 2.24) is 10.3 Å². The lowest BCUT2D eigenvalue weighted by molar-refractivity contribution is 0.620. The normalized spacial score (nSPS) is 17.4. The average Bonchev–Trinajstić information content (AvgIpc) is 2.85. The largest absolute Gasteiger partial charge is 0.312 e. The zero-order valence-electron chi connectivity index (χ0n) is 11.1. The molecule has 1 aliphatic heterocycles. The van der Waals surface area contributed by atoms with Crippen molar-refractivity contribution < 1.29 is 0 Å². The van der Waals surface area contributed by atoms with Crippen LogP contribution in [0, 0.1) is 6.92 Å². The quantitative estimate of drug-likeness (QED) is 0.922. The molecule has 0 radical (unpaired) electrons. The van der Waals surface area contributed by atoms with Gasteiger partial charge in [0.1, 0.15) is 0 Å². The van der Waals surface area contributed by atoms with Crippen LogP contribution in [0.3, 0.4) is 0 Å². The van der Waals surface area contributed by atoms with Gasteiger partial charge in [-0.05, 0) is 30.2 Å². The molecule has 3 rings (SSSR count). The third-order valence-corrected chi connectivity index (χ3v) is 4.74. The lowest BCUT2D eigenvalue weighted by Crippen LogP contribution is -2.21. The highest BCUT2D eigenvalue weighted by Gasteiger charge is 2.21. The minimum Gasteiger partial charge on any atom is -0.312 e. The van der Waals surface area contributed by atoms with E-state index in [9.17, 15) is 0 Å². The topological polar surface area (TPSA) is 24.9 Å². The Kier molecular flexibility index (Phi) is 3.85. The Morgan fingerprint density at radius 3 is 3.00 bits per heavy atom. The van der Waals surface area contributed by atoms with E-state index in [1.54, 1.807) is 0 Å². The zero-order valence-corrected chi connectivity index (χ0v) is 11.9. The highest BCUT2D eigenvalue weighted by Crippen LogP contribution is 2.38. The van der Waals surface area contributed by atoms with E-state index in [-0.39, 0.29) is 0 Å². The van der Waals surface area contributed by atoms with Gasteiger partial charge in [0.25, 0.3) is 0 Å². The van der Waals surface area contributed by atoms with Gasteiger partial charge in [-0.15, -0.1) is 11.8 Å². The molecule has 3 heteroatoms. The number of benzene rings is 1. The number of thioether (sulfide) groups is 1. The maximum Gasteiger partial charge on any atom is 0.0372 e. The molecule has 0 aliphatic carbocycles. The maximum absolute atomic E-state index is 4.32. The summed E-state index contributed by atoms with van der Waals surface area (Å²) >= 11 is 1.97. The molecule has 98 valence electrons. The Balaban J connectivity index is 1.55. The fraction of sp³-hybridized carbons (Fsp3) is 0.312. The van der Waals surface area contributed by atoms with Crippen LogP contribution in [-0.2, 0) is 6.54 Å². The summed E-state index contributed by atoms with van der Waals surface area (Å²) < 4.78 is 0. The first-order valence-electron chi connectivity index (χ1n) is 6.67. The summed E-state index contributed by atoms with van der Waals surface area (Å²) in [5.74, 6) is 1.83. The van der Waals surface area contributed by atoms with Crippen LogP contribution in [0.15, 0.2) is 47.5 Å². The second-order valence-electron chi connectivity index (χ2n) is 4.98. The highest BCUT2D eigenvalue weighted by atomic mass is 32.2. The molecule has 2 heterocycles. The molecule has 2 nitrogen and oxygen atoms in total. The van der Waals surface area contributed by atoms with E-state index in [0.29, 0.717) is 5.92 Å². The third kappa shape index (κ3) is 2.99. The summed E-state index contributed by atoms with van der Waals surface area (Å²) in [6.45, 7) is 3.96. The van der Waals surface area contributed by atoms with Gasteiger partial charge in [0.2, 0.25) is 0 Å². The third-order valence-electron chi connectivity index (χ3n) is 3.49. The van der Waals surface area contributed by atoms with Crippen molar-refractivity contribution in [2.75, 3.05) is 12.3 Å². The molecule has 1 aliphatic rings. The zero-order chi connectivity index (χ0) is 13.1. The molecule has 0 bridgehead atoms. The number of aromatic nitrogens is 1. The molecule has 2 aromatic rings. The fourth-order valence-electron chi connectivity index (χ4n) is 2.39. The van der Waals surface area contributed by atoms with Gasteiger partial charge in [0.05, 0.1) is 0 Å². The Bertz CT molecular complexity index is 551. The molecule has 1 unspecified atom stereocenters. The van der Waals surface area contributed by atoms with E-state index in [4.69, 9.17) is 0 Å². The first-order valence-corrected chi connectivity index (χ1v) is 7.65. The van der Waals surface area contributed by atoms with Gasteiger partial charge in [0, 0.05) is 41.5 Å². The summed E-state index contributed by atoms with van der Waals surface area (Å²) in [6.07, 6.45) is 1.96. The van der Waals surface area contributed by atoms with Crippen molar-refractivity contribution in [3.05, 3.63) is 59.4 Å². The molecule has 0 spiro atoms. The van der Waals surface area contributed by atoms with Crippen LogP contribution in [-0.4, -0.2) is 17.3 Å². The van der Waals surface area contributed by atoms with E-state index < -0.39 is 0 Å². The van der Waals surface area contributed by atoms with Crippen molar-refractivity contribution in [2.24, 2.45) is 0 Å². The number of rotatable bonds is 4. The van der Waals surface area contributed by atoms with Crippen LogP contribution < -0.4 is 5.32 Å². The van der Waals surface area contributed by atoms with E-state index >= 15 is 0 Å². The maximum atomic E-state index is 4.32. The molecule has 1 aromatic carbocycles. The number of nitrogens with one attached hydrogen (secondary N) is 1. The standard InChI is InChI=1S/C16H18N2S/c1-12-6-7-13(9-18-12)8-17-10-14-11-19-16-5-3-2-4-15(14)16/h2-7,9,14,17H,8,10-11H2,1H3. The van der Waals surface area contributed by atoms with Gasteiger partial charge in [-0.1, -0.05) is 24.3 Å². The van der Waals surface area contributed by atoms with Crippen LogP contribution in [0.2, 0.25) is 0 Å². The van der Waals surface area contributed by atoms with Gasteiger partial charge in [-0.2, -0.15) is 0 Å². The predicted octanol–water partition coefficient (Wildman–Crippen LogP) is 3.37. The van der Waals surface area contributed by atoms with Gasteiger partial charge < -0.3 is 5.32 Å². The predicted molar refractivity (Wildman–Crippen MR) is 80.6 cm³/mol. The van der Waals surface area contributed by atoms with Crippen molar-refractivity contribution in [1.29, 1.82) is 0 Å². The van der Waals surface area contributed by atoms with E-state index in [0.717, 1.165) is 18.8 Å². The van der Waals surface area contributed by atoms with Gasteiger partial charge in [-0.3, -0.25) is 4.98 Å². The van der Waals surface area contributed by atoms with Crippen LogP contribution >= 0.6 is 11.8 Å². The summed E-state index contributed by atoms with van der Waals surface area (Å²) in [6, 6.07) is 13.0. The highest BCUT2D eigenvalue weighted by molar-refractivity contribution is 7.99. The Labute approximate surface area is 118 Å². The monoisotopic (exact) mass is 270 g/mol. The van der Waals surface area contributed by atoms with E-state index in [2.05, 4.69) is 46.7 Å². The van der Waals surface area contributed by atoms with Gasteiger partial charge in [0.15, 0.2) is 0 Å². The number of hydrogen-bond acceptors (Lipinski definition) is 3. The Morgan fingerprint density at radius 2 is 2.16 bits per heavy atom. The van der Waals surface area contributed by atoms with Crippen molar-refractivity contribution in [3.8, 4) is 0 Å². The molecule has 0 saturated heterocycles. The number of aryl methyl sites for hydroxylation is 1. The lowest BCUT2D eigenvalue weighted by Gasteiger charge is -2.12. The van der Waals surface area contributed by atoms with Crippen molar-refractivity contribution >= 4 is 11.8 Å². The molecular formula is C16H18N2S. The first-order chi connectivity index (χ1) is 9.33. The molecule has 0 amide bonds. The SMILES string of the molecule is Cc1ccc(CNCC2CSc3ccccc32)cn1. The average molecular weight is 270 g/mol. The van der Waals surface area contributed by atoms with E-state index in [1.165, 1.54) is 21.8 Å². The molecule has 0 fully saturated rings. The van der Waals surface area contributed by atoms with Gasteiger partial charge >= 0.3 is 0 Å². The number of fused-ring (bicyclic) bond motifs is 1. The smallest absolute Gasteiger partial charge is 0.0372 e. The summed E-state index contributed by atoms with van der Waals surface area (Å²) in [5, 5.41) is 3.55. The second-order valence-corrected chi connectivity index (χ2v) is 6.05. The van der Waals surface area contributed by atoms with Crippen LogP contribution in [0.25, 0.3) is 0 Å². The fourth-order valence-corrected chi connectivity index (χ4v) is 3.65. The second kappa shape index (κ2) is 5.76. The molecule has 1 aromatic heterocycles. The van der Waals surface area contributed by atoms with Crippen molar-refractivity contribution in [2.45, 2.75) is 24.3 Å².